The minimum absolute atomic E-state index is 0.0839. The topological polar surface area (TPSA) is 46.6 Å². The Hall–Kier alpha value is -1.07. The number of sulfonamides is 1. The zero-order valence-corrected chi connectivity index (χ0v) is 13.2. The third-order valence-corrected chi connectivity index (χ3v) is 5.80. The molecule has 2 rings (SSSR count). The highest BCUT2D eigenvalue weighted by molar-refractivity contribution is 7.89. The molecule has 1 aliphatic rings. The first kappa shape index (κ1) is 15.3. The van der Waals surface area contributed by atoms with Crippen LogP contribution in [0, 0.1) is 6.92 Å². The van der Waals surface area contributed by atoms with Gasteiger partial charge in [-0.1, -0.05) is 6.42 Å². The second-order valence-electron chi connectivity index (χ2n) is 5.32. The van der Waals surface area contributed by atoms with E-state index >= 15 is 0 Å². The summed E-state index contributed by atoms with van der Waals surface area (Å²) in [6, 6.07) is 5.19. The van der Waals surface area contributed by atoms with Gasteiger partial charge in [-0.3, -0.25) is 0 Å². The Morgan fingerprint density at radius 2 is 2.10 bits per heavy atom. The molecule has 0 spiro atoms. The van der Waals surface area contributed by atoms with Crippen molar-refractivity contribution in [2.24, 2.45) is 0 Å². The maximum absolute atomic E-state index is 12.7. The Balaban J connectivity index is 2.31. The lowest BCUT2D eigenvalue weighted by Crippen LogP contribution is -2.41. The lowest BCUT2D eigenvalue weighted by Gasteiger charge is -2.32. The Morgan fingerprint density at radius 3 is 2.70 bits per heavy atom. The molecule has 1 fully saturated rings. The number of aryl methyl sites for hydroxylation is 1. The fraction of sp³-hybridized carbons (Fsp3) is 0.600. The number of nitrogens with zero attached hydrogens (tertiary/aromatic N) is 1. The smallest absolute Gasteiger partial charge is 0.243 e. The molecule has 1 aromatic rings. The van der Waals surface area contributed by atoms with Crippen molar-refractivity contribution in [3.05, 3.63) is 23.8 Å². The number of piperidine rings is 1. The van der Waals surface area contributed by atoms with E-state index in [9.17, 15) is 8.42 Å². The average Bonchev–Trinajstić information content (AvgIpc) is 2.41. The van der Waals surface area contributed by atoms with E-state index in [0.29, 0.717) is 18.0 Å². The van der Waals surface area contributed by atoms with Crippen molar-refractivity contribution < 1.29 is 13.2 Å². The molecule has 0 radical (unpaired) electrons. The van der Waals surface area contributed by atoms with Crippen LogP contribution in [0.1, 0.15) is 38.7 Å². The zero-order valence-electron chi connectivity index (χ0n) is 12.4. The van der Waals surface area contributed by atoms with Crippen molar-refractivity contribution >= 4 is 10.0 Å². The molecule has 1 aliphatic heterocycles. The second kappa shape index (κ2) is 6.14. The molecule has 1 saturated heterocycles. The summed E-state index contributed by atoms with van der Waals surface area (Å²) < 4.78 is 32.5. The van der Waals surface area contributed by atoms with Crippen LogP contribution in [0.2, 0.25) is 0 Å². The van der Waals surface area contributed by atoms with Crippen LogP contribution < -0.4 is 4.74 Å². The van der Waals surface area contributed by atoms with Crippen LogP contribution >= 0.6 is 0 Å². The van der Waals surface area contributed by atoms with Gasteiger partial charge in [-0.05, 0) is 57.4 Å². The van der Waals surface area contributed by atoms with Crippen molar-refractivity contribution in [1.29, 1.82) is 0 Å². The lowest BCUT2D eigenvalue weighted by molar-refractivity contribution is 0.268. The van der Waals surface area contributed by atoms with Gasteiger partial charge >= 0.3 is 0 Å². The van der Waals surface area contributed by atoms with Gasteiger partial charge in [0.25, 0.3) is 0 Å². The first-order valence-electron chi connectivity index (χ1n) is 7.22. The van der Waals surface area contributed by atoms with Gasteiger partial charge in [-0.2, -0.15) is 4.31 Å². The minimum atomic E-state index is -3.39. The molecule has 0 unspecified atom stereocenters. The van der Waals surface area contributed by atoms with E-state index in [-0.39, 0.29) is 6.04 Å². The molecule has 1 heterocycles. The molecule has 0 aromatic heterocycles. The summed E-state index contributed by atoms with van der Waals surface area (Å²) in [5.41, 5.74) is 0.859. The van der Waals surface area contributed by atoms with Crippen molar-refractivity contribution in [2.75, 3.05) is 13.2 Å². The van der Waals surface area contributed by atoms with Gasteiger partial charge in [-0.15, -0.1) is 0 Å². The largest absolute Gasteiger partial charge is 0.494 e. The summed E-state index contributed by atoms with van der Waals surface area (Å²) in [6.07, 6.45) is 2.99. The first-order valence-corrected chi connectivity index (χ1v) is 8.66. The van der Waals surface area contributed by atoms with Crippen molar-refractivity contribution in [3.8, 4) is 5.75 Å². The average molecular weight is 297 g/mol. The maximum Gasteiger partial charge on any atom is 0.243 e. The monoisotopic (exact) mass is 297 g/mol. The quantitative estimate of drug-likeness (QED) is 0.858. The highest BCUT2D eigenvalue weighted by Gasteiger charge is 2.31. The molecule has 5 heteroatoms. The fourth-order valence-electron chi connectivity index (χ4n) is 2.66. The van der Waals surface area contributed by atoms with Crippen LogP contribution in [0.25, 0.3) is 0 Å². The van der Waals surface area contributed by atoms with E-state index in [2.05, 4.69) is 0 Å². The molecule has 1 aromatic carbocycles. The maximum atomic E-state index is 12.7. The number of benzene rings is 1. The molecule has 0 aliphatic carbocycles. The Labute approximate surface area is 121 Å². The van der Waals surface area contributed by atoms with E-state index in [0.717, 1.165) is 30.6 Å². The molecule has 0 saturated carbocycles. The highest BCUT2D eigenvalue weighted by Crippen LogP contribution is 2.28. The molecule has 20 heavy (non-hydrogen) atoms. The summed E-state index contributed by atoms with van der Waals surface area (Å²) in [6.45, 7) is 6.98. The number of rotatable bonds is 4. The zero-order chi connectivity index (χ0) is 14.8. The van der Waals surface area contributed by atoms with E-state index in [1.807, 2.05) is 20.8 Å². The van der Waals surface area contributed by atoms with Crippen LogP contribution in [0.5, 0.6) is 5.75 Å². The van der Waals surface area contributed by atoms with Gasteiger partial charge in [0.1, 0.15) is 5.75 Å². The molecule has 4 nitrogen and oxygen atoms in total. The second-order valence-corrected chi connectivity index (χ2v) is 7.21. The first-order chi connectivity index (χ1) is 9.46. The summed E-state index contributed by atoms with van der Waals surface area (Å²) in [7, 11) is -3.39. The van der Waals surface area contributed by atoms with Crippen molar-refractivity contribution in [2.45, 2.75) is 51.0 Å². The van der Waals surface area contributed by atoms with E-state index in [4.69, 9.17) is 4.74 Å². The predicted molar refractivity (Wildman–Crippen MR) is 79.6 cm³/mol. The summed E-state index contributed by atoms with van der Waals surface area (Å²) >= 11 is 0. The van der Waals surface area contributed by atoms with Gasteiger partial charge in [0.2, 0.25) is 10.0 Å². The number of hydrogen-bond donors (Lipinski definition) is 0. The van der Waals surface area contributed by atoms with Gasteiger partial charge < -0.3 is 4.74 Å². The summed E-state index contributed by atoms with van der Waals surface area (Å²) in [5.74, 6) is 0.748. The molecular weight excluding hydrogens is 274 g/mol. The number of hydrogen-bond acceptors (Lipinski definition) is 3. The van der Waals surface area contributed by atoms with E-state index in [1.165, 1.54) is 0 Å². The molecular formula is C15H23NO3S. The third-order valence-electron chi connectivity index (χ3n) is 3.79. The Morgan fingerprint density at radius 1 is 1.35 bits per heavy atom. The molecule has 0 bridgehead atoms. The standard InChI is InChI=1S/C15H23NO3S/c1-4-19-15-9-8-14(11-12(15)2)20(17,18)16-10-6-5-7-13(16)3/h8-9,11,13H,4-7,10H2,1-3H3/t13-/m1/s1. The molecule has 112 valence electrons. The van der Waals surface area contributed by atoms with E-state index < -0.39 is 10.0 Å². The lowest BCUT2D eigenvalue weighted by atomic mass is 10.1. The third kappa shape index (κ3) is 2.99. The van der Waals surface area contributed by atoms with Gasteiger partial charge in [0.15, 0.2) is 0 Å². The molecule has 0 amide bonds. The highest BCUT2D eigenvalue weighted by atomic mass is 32.2. The predicted octanol–water partition coefficient (Wildman–Crippen LogP) is 2.96. The van der Waals surface area contributed by atoms with Crippen molar-refractivity contribution in [1.82, 2.24) is 4.31 Å². The van der Waals surface area contributed by atoms with E-state index in [1.54, 1.807) is 22.5 Å². The molecule has 0 N–H and O–H groups in total. The van der Waals surface area contributed by atoms with Crippen LogP contribution in [-0.2, 0) is 10.0 Å². The van der Waals surface area contributed by atoms with Crippen LogP contribution in [0.15, 0.2) is 23.1 Å². The SMILES string of the molecule is CCOc1ccc(S(=O)(=O)N2CCCC[C@H]2C)cc1C. The summed E-state index contributed by atoms with van der Waals surface area (Å²) in [4.78, 5) is 0.368. The van der Waals surface area contributed by atoms with Crippen LogP contribution in [0.3, 0.4) is 0 Å². The van der Waals surface area contributed by atoms with Gasteiger partial charge in [0.05, 0.1) is 11.5 Å². The normalized spacial score (nSPS) is 20.9. The number of ether oxygens (including phenoxy) is 1. The Kier molecular flexibility index (Phi) is 4.70. The molecule has 1 atom stereocenters. The Bertz CT molecular complexity index is 568. The van der Waals surface area contributed by atoms with Crippen molar-refractivity contribution in [3.63, 3.8) is 0 Å². The summed E-state index contributed by atoms with van der Waals surface area (Å²) in [5, 5.41) is 0. The van der Waals surface area contributed by atoms with Gasteiger partial charge in [0, 0.05) is 12.6 Å². The van der Waals surface area contributed by atoms with Crippen LogP contribution in [0.4, 0.5) is 0 Å². The van der Waals surface area contributed by atoms with Gasteiger partial charge in [-0.25, -0.2) is 8.42 Å². The van der Waals surface area contributed by atoms with Crippen LogP contribution in [-0.4, -0.2) is 31.9 Å². The minimum Gasteiger partial charge on any atom is -0.494 e. The fourth-order valence-corrected chi connectivity index (χ4v) is 4.45.